The normalized spacial score (nSPS) is 18.3. The smallest absolute Gasteiger partial charge is 0.456 e. The average Bonchev–Trinajstić information content (AvgIpc) is 3.64. The largest absolute Gasteiger partial charge is 0.490 e. The van der Waals surface area contributed by atoms with Crippen LogP contribution in [0.3, 0.4) is 0 Å². The maximum atomic E-state index is 12.5. The van der Waals surface area contributed by atoms with E-state index in [4.69, 9.17) is 21.8 Å². The molecule has 0 saturated heterocycles. The molecule has 1 fully saturated rings. The molecule has 0 bridgehead atoms. The van der Waals surface area contributed by atoms with Crippen molar-refractivity contribution in [3.8, 4) is 22.5 Å². The molecule has 0 unspecified atom stereocenters. The molecule has 1 aromatic carbocycles. The third-order valence-electron chi connectivity index (χ3n) is 6.75. The lowest BCUT2D eigenvalue weighted by Gasteiger charge is -2.28. The number of carbonyl (C=O) groups excluding carboxylic acids is 1. The zero-order valence-electron chi connectivity index (χ0n) is 19.5. The number of fused-ring (bicyclic) bond motifs is 2. The Morgan fingerprint density at radius 2 is 1.95 bits per heavy atom. The van der Waals surface area contributed by atoms with Crippen LogP contribution in [0.1, 0.15) is 31.7 Å². The van der Waals surface area contributed by atoms with Crippen LogP contribution in [0.2, 0.25) is 5.02 Å². The van der Waals surface area contributed by atoms with E-state index < -0.39 is 18.2 Å². The van der Waals surface area contributed by atoms with E-state index in [1.54, 1.807) is 23.3 Å². The molecule has 4 aromatic heterocycles. The molecule has 13 heteroatoms. The van der Waals surface area contributed by atoms with Crippen molar-refractivity contribution in [2.75, 3.05) is 5.73 Å². The predicted molar refractivity (Wildman–Crippen MR) is 137 cm³/mol. The van der Waals surface area contributed by atoms with Crippen molar-refractivity contribution in [2.45, 2.75) is 44.0 Å². The molecular weight excluding hydrogens is 543 g/mol. The van der Waals surface area contributed by atoms with Crippen molar-refractivity contribution >= 4 is 56.0 Å². The Hall–Kier alpha value is -3.64. The van der Waals surface area contributed by atoms with Crippen LogP contribution in [0.15, 0.2) is 47.4 Å². The SMILES string of the molecule is Nc1ncc(-c2cnn(C3CCC(OC(=O)C(F)(F)F)CC3)c2)c2c(Cl)c(-c3cccc4cnsc34)oc12. The fourth-order valence-corrected chi connectivity index (χ4v) is 5.96. The maximum Gasteiger partial charge on any atom is 0.490 e. The summed E-state index contributed by atoms with van der Waals surface area (Å²) in [6, 6.07) is 5.72. The summed E-state index contributed by atoms with van der Waals surface area (Å²) in [4.78, 5) is 15.4. The number of aromatic nitrogens is 4. The summed E-state index contributed by atoms with van der Waals surface area (Å²) in [5.74, 6) is -1.48. The number of nitrogen functional groups attached to an aromatic ring is 1. The van der Waals surface area contributed by atoms with Crippen molar-refractivity contribution in [2.24, 2.45) is 0 Å². The fraction of sp³-hybridized carbons (Fsp3) is 0.280. The number of ether oxygens (including phenoxy) is 1. The lowest BCUT2D eigenvalue weighted by Crippen LogP contribution is -2.32. The van der Waals surface area contributed by atoms with Gasteiger partial charge in [0.05, 0.1) is 27.3 Å². The molecule has 1 saturated carbocycles. The van der Waals surface area contributed by atoms with E-state index in [0.29, 0.717) is 53.0 Å². The standard InChI is InChI=1S/C25H19ClF3N5O3S/c26-19-18-17(10-31-23(30)21(18)37-20(19)16-3-1-2-12-9-33-38-22(12)16)13-8-32-34(11-13)14-4-6-15(7-5-14)36-24(35)25(27,28)29/h1-3,8-11,14-15H,4-7H2,(H2,30,31). The number of hydrogen-bond acceptors (Lipinski definition) is 8. The highest BCUT2D eigenvalue weighted by molar-refractivity contribution is 7.13. The molecule has 38 heavy (non-hydrogen) atoms. The van der Waals surface area contributed by atoms with E-state index >= 15 is 0 Å². The monoisotopic (exact) mass is 561 g/mol. The summed E-state index contributed by atoms with van der Waals surface area (Å²) in [6.45, 7) is 0. The Kier molecular flexibility index (Phi) is 6.03. The molecule has 0 radical (unpaired) electrons. The van der Waals surface area contributed by atoms with Gasteiger partial charge in [-0.15, -0.1) is 0 Å². The molecule has 4 heterocycles. The van der Waals surface area contributed by atoms with Gasteiger partial charge >= 0.3 is 12.1 Å². The van der Waals surface area contributed by atoms with E-state index in [1.807, 2.05) is 24.4 Å². The van der Waals surface area contributed by atoms with E-state index in [-0.39, 0.29) is 11.9 Å². The highest BCUT2D eigenvalue weighted by atomic mass is 35.5. The second-order valence-electron chi connectivity index (χ2n) is 9.10. The van der Waals surface area contributed by atoms with Gasteiger partial charge in [-0.3, -0.25) is 4.68 Å². The lowest BCUT2D eigenvalue weighted by atomic mass is 9.93. The molecule has 0 atom stereocenters. The van der Waals surface area contributed by atoms with Gasteiger partial charge in [0.25, 0.3) is 0 Å². The van der Waals surface area contributed by atoms with Crippen LogP contribution in [-0.2, 0) is 9.53 Å². The highest BCUT2D eigenvalue weighted by Crippen LogP contribution is 2.46. The van der Waals surface area contributed by atoms with Crippen LogP contribution in [0.25, 0.3) is 43.5 Å². The van der Waals surface area contributed by atoms with Crippen LogP contribution in [0.5, 0.6) is 0 Å². The van der Waals surface area contributed by atoms with Crippen molar-refractivity contribution in [1.82, 2.24) is 19.1 Å². The van der Waals surface area contributed by atoms with E-state index in [0.717, 1.165) is 21.2 Å². The first kappa shape index (κ1) is 24.7. The van der Waals surface area contributed by atoms with Crippen molar-refractivity contribution < 1.29 is 27.1 Å². The summed E-state index contributed by atoms with van der Waals surface area (Å²) in [7, 11) is 0. The Morgan fingerprint density at radius 1 is 1.16 bits per heavy atom. The van der Waals surface area contributed by atoms with Crippen molar-refractivity contribution in [3.63, 3.8) is 0 Å². The van der Waals surface area contributed by atoms with Crippen LogP contribution < -0.4 is 5.73 Å². The number of pyridine rings is 1. The Morgan fingerprint density at radius 3 is 2.71 bits per heavy atom. The molecule has 0 amide bonds. The average molecular weight is 562 g/mol. The van der Waals surface area contributed by atoms with Gasteiger partial charge in [-0.2, -0.15) is 22.6 Å². The molecule has 196 valence electrons. The Balaban J connectivity index is 1.29. The fourth-order valence-electron chi connectivity index (χ4n) is 4.88. The zero-order valence-corrected chi connectivity index (χ0v) is 21.1. The van der Waals surface area contributed by atoms with Crippen LogP contribution in [-0.4, -0.2) is 37.4 Å². The summed E-state index contributed by atoms with van der Waals surface area (Å²) in [5, 5.41) is 6.46. The van der Waals surface area contributed by atoms with E-state index in [2.05, 4.69) is 19.2 Å². The zero-order chi connectivity index (χ0) is 26.6. The number of rotatable bonds is 4. The molecule has 6 rings (SSSR count). The Bertz CT molecular complexity index is 1670. The number of nitrogens with zero attached hydrogens (tertiary/aromatic N) is 4. The first-order valence-corrected chi connectivity index (χ1v) is 12.9. The predicted octanol–water partition coefficient (Wildman–Crippen LogP) is 6.79. The first-order chi connectivity index (χ1) is 18.2. The van der Waals surface area contributed by atoms with E-state index in [9.17, 15) is 18.0 Å². The number of hydrogen-bond donors (Lipinski definition) is 1. The Labute approximate surface area is 222 Å². The number of esters is 1. The number of halogens is 4. The second kappa shape index (κ2) is 9.28. The van der Waals surface area contributed by atoms with Crippen LogP contribution >= 0.6 is 23.1 Å². The topological polar surface area (TPSA) is 109 Å². The molecule has 0 aliphatic heterocycles. The van der Waals surface area contributed by atoms with Gasteiger partial charge < -0.3 is 14.9 Å². The van der Waals surface area contributed by atoms with Gasteiger partial charge in [0.2, 0.25) is 0 Å². The number of carbonyl (C=O) groups is 1. The molecule has 2 N–H and O–H groups in total. The van der Waals surface area contributed by atoms with Gasteiger partial charge in [-0.1, -0.05) is 23.7 Å². The molecule has 1 aliphatic rings. The third-order valence-corrected chi connectivity index (χ3v) is 7.96. The molecule has 1 aliphatic carbocycles. The van der Waals surface area contributed by atoms with Gasteiger partial charge in [-0.25, -0.2) is 9.78 Å². The molecule has 5 aromatic rings. The molecule has 0 spiro atoms. The number of benzene rings is 1. The number of furan rings is 1. The minimum atomic E-state index is -4.99. The summed E-state index contributed by atoms with van der Waals surface area (Å²) in [6.07, 6.45) is 2.82. The van der Waals surface area contributed by atoms with Crippen molar-refractivity contribution in [3.05, 3.63) is 48.0 Å². The third kappa shape index (κ3) is 4.27. The van der Waals surface area contributed by atoms with E-state index in [1.165, 1.54) is 11.5 Å². The first-order valence-electron chi connectivity index (χ1n) is 11.7. The molecular formula is C25H19ClF3N5O3S. The quantitative estimate of drug-likeness (QED) is 0.240. The van der Waals surface area contributed by atoms with Crippen LogP contribution in [0.4, 0.5) is 19.0 Å². The van der Waals surface area contributed by atoms with Gasteiger partial charge in [0.15, 0.2) is 17.2 Å². The second-order valence-corrected chi connectivity index (χ2v) is 10.3. The molecule has 8 nitrogen and oxygen atoms in total. The number of nitrogens with two attached hydrogens (primary N) is 1. The van der Waals surface area contributed by atoms with Gasteiger partial charge in [0.1, 0.15) is 6.10 Å². The highest BCUT2D eigenvalue weighted by Gasteiger charge is 2.42. The minimum absolute atomic E-state index is 0.0545. The van der Waals surface area contributed by atoms with Crippen molar-refractivity contribution in [1.29, 1.82) is 0 Å². The maximum absolute atomic E-state index is 12.5. The number of anilines is 1. The minimum Gasteiger partial charge on any atom is -0.456 e. The van der Waals surface area contributed by atoms with Gasteiger partial charge in [-0.05, 0) is 43.3 Å². The summed E-state index contributed by atoms with van der Waals surface area (Å²) < 4.78 is 55.3. The lowest BCUT2D eigenvalue weighted by molar-refractivity contribution is -0.206. The van der Waals surface area contributed by atoms with Crippen LogP contribution in [0, 0.1) is 0 Å². The summed E-state index contributed by atoms with van der Waals surface area (Å²) >= 11 is 8.23. The summed E-state index contributed by atoms with van der Waals surface area (Å²) in [5.41, 5.74) is 8.74. The number of alkyl halides is 3. The van der Waals surface area contributed by atoms with Gasteiger partial charge in [0, 0.05) is 40.7 Å².